The molecule has 0 aromatic rings. The minimum atomic E-state index is -2.54. The van der Waals surface area contributed by atoms with E-state index in [4.69, 9.17) is 14.4 Å². The van der Waals surface area contributed by atoms with E-state index in [2.05, 4.69) is 4.52 Å². The summed E-state index contributed by atoms with van der Waals surface area (Å²) in [6.07, 6.45) is 0. The van der Waals surface area contributed by atoms with Crippen LogP contribution in [-0.4, -0.2) is 56.0 Å². The molecule has 16 heavy (non-hydrogen) atoms. The van der Waals surface area contributed by atoms with E-state index >= 15 is 0 Å². The third-order valence-electron chi connectivity index (χ3n) is 1.86. The second-order valence-corrected chi connectivity index (χ2v) is 3.74. The molecule has 0 aliphatic heterocycles. The van der Waals surface area contributed by atoms with Crippen LogP contribution in [0.3, 0.4) is 0 Å². The lowest BCUT2D eigenvalue weighted by molar-refractivity contribution is 0.0448. The highest BCUT2D eigenvalue weighted by Crippen LogP contribution is 2.14. The SMILES string of the molecule is CCOCCN(CCOCC)CO[P+](=O)O. The highest BCUT2D eigenvalue weighted by atomic mass is 31.1. The van der Waals surface area contributed by atoms with E-state index in [1.165, 1.54) is 0 Å². The van der Waals surface area contributed by atoms with Crippen molar-refractivity contribution in [1.29, 1.82) is 0 Å². The predicted octanol–water partition coefficient (Wildman–Crippen LogP) is 0.985. The lowest BCUT2D eigenvalue weighted by atomic mass is 10.5. The van der Waals surface area contributed by atoms with Gasteiger partial charge in [0, 0.05) is 30.9 Å². The van der Waals surface area contributed by atoms with Crippen LogP contribution in [0.5, 0.6) is 0 Å². The summed E-state index contributed by atoms with van der Waals surface area (Å²) in [6, 6.07) is 0. The van der Waals surface area contributed by atoms with E-state index in [0.717, 1.165) is 0 Å². The molecule has 0 aromatic carbocycles. The van der Waals surface area contributed by atoms with Crippen LogP contribution in [0, 0.1) is 0 Å². The van der Waals surface area contributed by atoms with Crippen molar-refractivity contribution < 1.29 is 23.5 Å². The predicted molar refractivity (Wildman–Crippen MR) is 60.3 cm³/mol. The molecule has 0 spiro atoms. The molecular formula is C9H21NO5P+. The van der Waals surface area contributed by atoms with Gasteiger partial charge in [-0.05, 0) is 13.8 Å². The van der Waals surface area contributed by atoms with Crippen LogP contribution < -0.4 is 0 Å². The first-order chi connectivity index (χ1) is 7.70. The minimum absolute atomic E-state index is 0.117. The molecule has 7 heteroatoms. The summed E-state index contributed by atoms with van der Waals surface area (Å²) in [5.74, 6) is 0. The van der Waals surface area contributed by atoms with Crippen molar-refractivity contribution in [3.63, 3.8) is 0 Å². The third-order valence-corrected chi connectivity index (χ3v) is 2.20. The van der Waals surface area contributed by atoms with Gasteiger partial charge in [-0.2, -0.15) is 0 Å². The van der Waals surface area contributed by atoms with Gasteiger partial charge in [0.1, 0.15) is 0 Å². The third kappa shape index (κ3) is 10.4. The smallest absolute Gasteiger partial charge is 0.380 e. The van der Waals surface area contributed by atoms with Gasteiger partial charge in [-0.15, -0.1) is 9.42 Å². The topological polar surface area (TPSA) is 68.2 Å². The monoisotopic (exact) mass is 254 g/mol. The Morgan fingerprint density at radius 3 is 2.00 bits per heavy atom. The van der Waals surface area contributed by atoms with Crippen molar-refractivity contribution in [2.75, 3.05) is 46.2 Å². The molecule has 0 aromatic heterocycles. The number of ether oxygens (including phenoxy) is 2. The molecule has 0 rings (SSSR count). The minimum Gasteiger partial charge on any atom is -0.380 e. The molecule has 0 heterocycles. The van der Waals surface area contributed by atoms with Gasteiger partial charge >= 0.3 is 8.25 Å². The molecule has 0 fully saturated rings. The fourth-order valence-corrected chi connectivity index (χ4v) is 1.31. The van der Waals surface area contributed by atoms with Gasteiger partial charge in [0.15, 0.2) is 6.73 Å². The Morgan fingerprint density at radius 1 is 1.12 bits per heavy atom. The Bertz CT molecular complexity index is 171. The van der Waals surface area contributed by atoms with Gasteiger partial charge in [-0.1, -0.05) is 0 Å². The lowest BCUT2D eigenvalue weighted by Gasteiger charge is -2.18. The van der Waals surface area contributed by atoms with Crippen molar-refractivity contribution in [2.24, 2.45) is 0 Å². The van der Waals surface area contributed by atoms with Gasteiger partial charge in [-0.25, -0.2) is 0 Å². The van der Waals surface area contributed by atoms with Crippen LogP contribution >= 0.6 is 8.25 Å². The Morgan fingerprint density at radius 2 is 1.62 bits per heavy atom. The van der Waals surface area contributed by atoms with Gasteiger partial charge in [0.05, 0.1) is 13.2 Å². The molecule has 0 radical (unpaired) electrons. The lowest BCUT2D eigenvalue weighted by Crippen LogP contribution is -2.32. The second kappa shape index (κ2) is 11.4. The molecule has 6 nitrogen and oxygen atoms in total. The van der Waals surface area contributed by atoms with Crippen LogP contribution in [0.4, 0.5) is 0 Å². The molecule has 96 valence electrons. The number of hydrogen-bond acceptors (Lipinski definition) is 5. The van der Waals surface area contributed by atoms with E-state index < -0.39 is 8.25 Å². The van der Waals surface area contributed by atoms with E-state index in [1.54, 1.807) is 0 Å². The summed E-state index contributed by atoms with van der Waals surface area (Å²) < 4.78 is 25.5. The van der Waals surface area contributed by atoms with Crippen LogP contribution in [0.2, 0.25) is 0 Å². The summed E-state index contributed by atoms with van der Waals surface area (Å²) in [6.45, 7) is 7.75. The normalized spacial score (nSPS) is 12.1. The van der Waals surface area contributed by atoms with E-state index in [9.17, 15) is 4.57 Å². The Balaban J connectivity index is 3.71. The molecule has 0 aliphatic carbocycles. The average Bonchev–Trinajstić information content (AvgIpc) is 2.25. The maximum Gasteiger partial charge on any atom is 0.696 e. The maximum atomic E-state index is 10.4. The quantitative estimate of drug-likeness (QED) is 0.337. The van der Waals surface area contributed by atoms with Crippen LogP contribution in [0.15, 0.2) is 0 Å². The zero-order valence-corrected chi connectivity index (χ0v) is 10.8. The first kappa shape index (κ1) is 15.9. The van der Waals surface area contributed by atoms with Gasteiger partial charge < -0.3 is 9.47 Å². The summed E-state index contributed by atoms with van der Waals surface area (Å²) in [5, 5.41) is 0. The molecule has 0 bridgehead atoms. The van der Waals surface area contributed by atoms with Crippen molar-refractivity contribution in [1.82, 2.24) is 4.90 Å². The van der Waals surface area contributed by atoms with Gasteiger partial charge in [-0.3, -0.25) is 4.90 Å². The molecule has 0 amide bonds. The zero-order chi connectivity index (χ0) is 12.2. The highest BCUT2D eigenvalue weighted by molar-refractivity contribution is 7.32. The number of hydrogen-bond donors (Lipinski definition) is 1. The first-order valence-electron chi connectivity index (χ1n) is 5.37. The molecule has 0 saturated heterocycles. The van der Waals surface area contributed by atoms with E-state index in [-0.39, 0.29) is 6.73 Å². The summed E-state index contributed by atoms with van der Waals surface area (Å²) in [5.41, 5.74) is 0. The Labute approximate surface area is 97.4 Å². The molecule has 0 saturated carbocycles. The average molecular weight is 254 g/mol. The van der Waals surface area contributed by atoms with E-state index in [1.807, 2.05) is 18.7 Å². The molecule has 1 N–H and O–H groups in total. The van der Waals surface area contributed by atoms with Crippen LogP contribution in [0.1, 0.15) is 13.8 Å². The Hall–Kier alpha value is -0.100. The van der Waals surface area contributed by atoms with Crippen LogP contribution in [-0.2, 0) is 18.6 Å². The highest BCUT2D eigenvalue weighted by Gasteiger charge is 2.15. The van der Waals surface area contributed by atoms with Crippen molar-refractivity contribution in [3.8, 4) is 0 Å². The maximum absolute atomic E-state index is 10.4. The fourth-order valence-electron chi connectivity index (χ4n) is 1.05. The van der Waals surface area contributed by atoms with E-state index in [0.29, 0.717) is 39.5 Å². The number of rotatable bonds is 11. The van der Waals surface area contributed by atoms with Crippen molar-refractivity contribution in [2.45, 2.75) is 13.8 Å². The number of nitrogens with zero attached hydrogens (tertiary/aromatic N) is 1. The summed E-state index contributed by atoms with van der Waals surface area (Å²) in [7, 11) is -2.54. The standard InChI is InChI=1S/C9H20NO5P/c1-3-13-7-5-10(6-8-14-4-2)9-15-16(11)12/h3-9H2,1-2H3/p+1. The van der Waals surface area contributed by atoms with Crippen molar-refractivity contribution in [3.05, 3.63) is 0 Å². The summed E-state index contributed by atoms with van der Waals surface area (Å²) >= 11 is 0. The second-order valence-electron chi connectivity index (χ2n) is 3.01. The van der Waals surface area contributed by atoms with Gasteiger partial charge in [0.25, 0.3) is 0 Å². The fraction of sp³-hybridized carbons (Fsp3) is 1.00. The largest absolute Gasteiger partial charge is 0.696 e. The van der Waals surface area contributed by atoms with Gasteiger partial charge in [0.2, 0.25) is 0 Å². The van der Waals surface area contributed by atoms with Crippen LogP contribution in [0.25, 0.3) is 0 Å². The van der Waals surface area contributed by atoms with Crippen molar-refractivity contribution >= 4 is 8.25 Å². The molecule has 1 atom stereocenters. The summed E-state index contributed by atoms with van der Waals surface area (Å²) in [4.78, 5) is 10.4. The zero-order valence-electron chi connectivity index (χ0n) is 9.92. The Kier molecular flexibility index (Phi) is 11.3. The molecular weight excluding hydrogens is 233 g/mol. The first-order valence-corrected chi connectivity index (χ1v) is 6.50. The molecule has 1 unspecified atom stereocenters. The molecule has 0 aliphatic rings.